The van der Waals surface area contributed by atoms with Gasteiger partial charge in [-0.3, -0.25) is 0 Å². The lowest BCUT2D eigenvalue weighted by Crippen LogP contribution is -2.57. The van der Waals surface area contributed by atoms with Gasteiger partial charge in [0.1, 0.15) is 5.60 Å². The van der Waals surface area contributed by atoms with E-state index in [2.05, 4.69) is 70.7 Å². The smallest absolute Gasteiger partial charge is 0.410 e. The first kappa shape index (κ1) is 26.2. The molecule has 6 heteroatoms. The van der Waals surface area contributed by atoms with E-state index in [-0.39, 0.29) is 18.2 Å². The Balaban J connectivity index is 0.00000144. The molecule has 1 aromatic heterocycles. The molecule has 6 nitrogen and oxygen atoms in total. The fourth-order valence-corrected chi connectivity index (χ4v) is 5.80. The van der Waals surface area contributed by atoms with Crippen LogP contribution in [0.5, 0.6) is 0 Å². The Morgan fingerprint density at radius 3 is 2.34 bits per heavy atom. The minimum Gasteiger partial charge on any atom is -0.444 e. The molecule has 1 aliphatic carbocycles. The Labute approximate surface area is 227 Å². The summed E-state index contributed by atoms with van der Waals surface area (Å²) in [6.45, 7) is 14.4. The maximum Gasteiger partial charge on any atom is 0.410 e. The number of aromatic amines is 1. The average molecular weight is 515 g/mol. The third kappa shape index (κ3) is 5.01. The van der Waals surface area contributed by atoms with Gasteiger partial charge in [-0.15, -0.1) is 0 Å². The monoisotopic (exact) mass is 514 g/mol. The van der Waals surface area contributed by atoms with Crippen LogP contribution < -0.4 is 5.32 Å². The normalized spacial score (nSPS) is 19.3. The van der Waals surface area contributed by atoms with E-state index in [1.54, 1.807) is 4.90 Å². The molecule has 1 amide bonds. The highest BCUT2D eigenvalue weighted by Gasteiger charge is 2.36. The number of anilines is 1. The van der Waals surface area contributed by atoms with Crippen molar-refractivity contribution in [1.29, 1.82) is 0 Å². The molecule has 38 heavy (non-hydrogen) atoms. The van der Waals surface area contributed by atoms with Crippen LogP contribution in [0.4, 0.5) is 10.5 Å². The molecule has 202 valence electrons. The average Bonchev–Trinajstić information content (AvgIpc) is 3.24. The summed E-state index contributed by atoms with van der Waals surface area (Å²) in [7, 11) is 0. The van der Waals surface area contributed by atoms with Crippen LogP contribution >= 0.6 is 0 Å². The molecule has 1 unspecified atom stereocenters. The van der Waals surface area contributed by atoms with Crippen molar-refractivity contribution in [2.45, 2.75) is 78.5 Å². The van der Waals surface area contributed by atoms with Gasteiger partial charge in [-0.05, 0) is 76.3 Å². The first-order valence-electron chi connectivity index (χ1n) is 14.2. The molecule has 1 atom stereocenters. The zero-order valence-corrected chi connectivity index (χ0v) is 23.7. The molecule has 0 radical (unpaired) electrons. The Hall–Kier alpha value is -3.41. The number of carbonyl (C=O) groups excluding carboxylic acids is 1. The Kier molecular flexibility index (Phi) is 7.17. The van der Waals surface area contributed by atoms with E-state index in [4.69, 9.17) is 4.74 Å². The van der Waals surface area contributed by atoms with Crippen molar-refractivity contribution < 1.29 is 9.53 Å². The standard InChI is InChI=1S/C30H36N4O2.C2H6/c1-19-9-14-26(19)34-16-15-24-23-7-5-6-8-25(23)32-27(24)28(34)20-10-12-21(13-11-20)31-22-17-33(18-22)29(35)36-30(2,3)4;1-2/h5-8,10-13,22,28,31-32H,9,14-18H2,1-4H3;1-2H3. The van der Waals surface area contributed by atoms with Crippen LogP contribution in [0.3, 0.4) is 0 Å². The number of hydrogen-bond donors (Lipinski definition) is 2. The van der Waals surface area contributed by atoms with Gasteiger partial charge in [0.15, 0.2) is 0 Å². The molecule has 0 saturated carbocycles. The van der Waals surface area contributed by atoms with Crippen LogP contribution in [0.1, 0.15) is 77.2 Å². The lowest BCUT2D eigenvalue weighted by Gasteiger charge is -2.43. The van der Waals surface area contributed by atoms with Crippen LogP contribution in [0, 0.1) is 0 Å². The maximum atomic E-state index is 12.2. The Morgan fingerprint density at radius 2 is 1.71 bits per heavy atom. The van der Waals surface area contributed by atoms with Gasteiger partial charge >= 0.3 is 6.09 Å². The first-order valence-corrected chi connectivity index (χ1v) is 14.2. The highest BCUT2D eigenvalue weighted by molar-refractivity contribution is 5.85. The van der Waals surface area contributed by atoms with Crippen LogP contribution in [0.2, 0.25) is 0 Å². The van der Waals surface area contributed by atoms with Gasteiger partial charge in [-0.25, -0.2) is 4.79 Å². The number of hydrogen-bond acceptors (Lipinski definition) is 4. The number of carbonyl (C=O) groups is 1. The van der Waals surface area contributed by atoms with Crippen molar-refractivity contribution >= 4 is 22.7 Å². The molecule has 2 aliphatic heterocycles. The topological polar surface area (TPSA) is 60.6 Å². The number of fused-ring (bicyclic) bond motifs is 3. The highest BCUT2D eigenvalue weighted by Crippen LogP contribution is 2.44. The van der Waals surface area contributed by atoms with Crippen molar-refractivity contribution in [2.75, 3.05) is 25.0 Å². The second kappa shape index (κ2) is 10.4. The number of H-pyrrole nitrogens is 1. The van der Waals surface area contributed by atoms with Gasteiger partial charge in [0, 0.05) is 47.6 Å². The molecule has 3 aromatic rings. The summed E-state index contributed by atoms with van der Waals surface area (Å²) >= 11 is 0. The van der Waals surface area contributed by atoms with E-state index in [0.717, 1.165) is 18.7 Å². The number of likely N-dealkylation sites (tertiary alicyclic amines) is 1. The van der Waals surface area contributed by atoms with Gasteiger partial charge in [-0.1, -0.05) is 49.8 Å². The number of rotatable bonds is 4. The quantitative estimate of drug-likeness (QED) is 0.385. The van der Waals surface area contributed by atoms with Crippen molar-refractivity contribution in [3.05, 3.63) is 76.6 Å². The Morgan fingerprint density at radius 1 is 1.00 bits per heavy atom. The molecule has 1 saturated heterocycles. The third-order valence-electron chi connectivity index (χ3n) is 7.74. The molecule has 6 rings (SSSR count). The lowest BCUT2D eigenvalue weighted by molar-refractivity contribution is 0.0105. The molecule has 3 aliphatic rings. The SMILES string of the molecule is CC.CC1=C(N2CCc3c([nH]c4ccccc34)C2c2ccc(NC3CN(C(=O)OC(C)(C)C)C3)cc2)CC1. The summed E-state index contributed by atoms with van der Waals surface area (Å²) in [4.78, 5) is 20.4. The van der Waals surface area contributed by atoms with Crippen LogP contribution in [0.25, 0.3) is 10.9 Å². The first-order chi connectivity index (χ1) is 18.3. The van der Waals surface area contributed by atoms with Gasteiger partial charge in [0.05, 0.1) is 12.1 Å². The molecule has 1 fully saturated rings. The maximum absolute atomic E-state index is 12.2. The van der Waals surface area contributed by atoms with Gasteiger partial charge in [0.2, 0.25) is 0 Å². The third-order valence-corrected chi connectivity index (χ3v) is 7.74. The van der Waals surface area contributed by atoms with E-state index < -0.39 is 5.60 Å². The summed E-state index contributed by atoms with van der Waals surface area (Å²) < 4.78 is 5.47. The summed E-state index contributed by atoms with van der Waals surface area (Å²) in [5, 5.41) is 4.94. The number of benzene rings is 2. The number of aromatic nitrogens is 1. The largest absolute Gasteiger partial charge is 0.444 e. The van der Waals surface area contributed by atoms with Crippen LogP contribution in [-0.4, -0.2) is 52.2 Å². The summed E-state index contributed by atoms with van der Waals surface area (Å²) in [5.41, 5.74) is 9.00. The predicted molar refractivity (Wildman–Crippen MR) is 155 cm³/mol. The number of para-hydroxylation sites is 1. The van der Waals surface area contributed by atoms with E-state index in [1.807, 2.05) is 34.6 Å². The molecule has 0 spiro atoms. The molecule has 0 bridgehead atoms. The molecular formula is C32H42N4O2. The van der Waals surface area contributed by atoms with Crippen molar-refractivity contribution in [1.82, 2.24) is 14.8 Å². The molecular weight excluding hydrogens is 472 g/mol. The van der Waals surface area contributed by atoms with E-state index in [0.29, 0.717) is 13.1 Å². The van der Waals surface area contributed by atoms with Gasteiger partial charge in [-0.2, -0.15) is 0 Å². The molecule has 3 heterocycles. The second-order valence-electron chi connectivity index (χ2n) is 11.5. The zero-order valence-electron chi connectivity index (χ0n) is 23.7. The number of amides is 1. The van der Waals surface area contributed by atoms with E-state index >= 15 is 0 Å². The van der Waals surface area contributed by atoms with Gasteiger partial charge < -0.3 is 24.8 Å². The summed E-state index contributed by atoms with van der Waals surface area (Å²) in [6, 6.07) is 18.0. The van der Waals surface area contributed by atoms with Crippen molar-refractivity contribution in [2.24, 2.45) is 0 Å². The van der Waals surface area contributed by atoms with Gasteiger partial charge in [0.25, 0.3) is 0 Å². The number of ether oxygens (including phenoxy) is 1. The zero-order chi connectivity index (χ0) is 27.0. The fraction of sp³-hybridized carbons (Fsp3) is 0.469. The van der Waals surface area contributed by atoms with E-state index in [1.165, 1.54) is 51.8 Å². The summed E-state index contributed by atoms with van der Waals surface area (Å²) in [5.74, 6) is 0. The lowest BCUT2D eigenvalue weighted by atomic mass is 9.87. The minimum absolute atomic E-state index is 0.201. The minimum atomic E-state index is -0.461. The molecule has 2 N–H and O–H groups in total. The van der Waals surface area contributed by atoms with Crippen LogP contribution in [-0.2, 0) is 11.2 Å². The number of allylic oxidation sites excluding steroid dienone is 2. The number of nitrogens with zero attached hydrogens (tertiary/aromatic N) is 2. The predicted octanol–water partition coefficient (Wildman–Crippen LogP) is 7.24. The second-order valence-corrected chi connectivity index (χ2v) is 11.5. The highest BCUT2D eigenvalue weighted by atomic mass is 16.6. The van der Waals surface area contributed by atoms with E-state index in [9.17, 15) is 4.79 Å². The van der Waals surface area contributed by atoms with Crippen molar-refractivity contribution in [3.8, 4) is 0 Å². The fourth-order valence-electron chi connectivity index (χ4n) is 5.80. The van der Waals surface area contributed by atoms with Crippen molar-refractivity contribution in [3.63, 3.8) is 0 Å². The molecule has 2 aromatic carbocycles. The Bertz CT molecular complexity index is 1330. The number of nitrogens with one attached hydrogen (secondary N) is 2. The summed E-state index contributed by atoms with van der Waals surface area (Å²) in [6.07, 6.45) is 3.22. The van der Waals surface area contributed by atoms with Crippen LogP contribution in [0.15, 0.2) is 59.8 Å².